The first-order valence-corrected chi connectivity index (χ1v) is 14.3. The van der Waals surface area contributed by atoms with E-state index >= 15 is 0 Å². The molecule has 1 amide bonds. The van der Waals surface area contributed by atoms with Gasteiger partial charge in [-0.15, -0.1) is 0 Å². The number of hydrogen-bond acceptors (Lipinski definition) is 6. The number of thioether (sulfide) groups is 1. The third kappa shape index (κ3) is 5.72. The number of sulfonamides is 1. The van der Waals surface area contributed by atoms with Crippen LogP contribution in [0.3, 0.4) is 0 Å². The van der Waals surface area contributed by atoms with Crippen molar-refractivity contribution < 1.29 is 17.9 Å². The molecule has 188 valence electrons. The number of rotatable bonds is 9. The summed E-state index contributed by atoms with van der Waals surface area (Å²) in [5.41, 5.74) is 2.56. The lowest BCUT2D eigenvalue weighted by Crippen LogP contribution is -2.40. The molecule has 0 atom stereocenters. The van der Waals surface area contributed by atoms with E-state index in [2.05, 4.69) is 0 Å². The molecule has 35 heavy (non-hydrogen) atoms. The Bertz CT molecular complexity index is 1270. The molecule has 8 nitrogen and oxygen atoms in total. The van der Waals surface area contributed by atoms with Crippen LogP contribution in [-0.4, -0.2) is 71.2 Å². The molecule has 2 heterocycles. The molecular weight excluding hydrogens is 484 g/mol. The zero-order valence-electron chi connectivity index (χ0n) is 20.4. The Balaban J connectivity index is 1.53. The van der Waals surface area contributed by atoms with Crippen LogP contribution < -0.4 is 0 Å². The summed E-state index contributed by atoms with van der Waals surface area (Å²) in [4.78, 5) is 19.9. The highest BCUT2D eigenvalue weighted by Gasteiger charge is 2.27. The molecule has 2 aromatic carbocycles. The van der Waals surface area contributed by atoms with E-state index in [0.29, 0.717) is 50.1 Å². The number of fused-ring (bicyclic) bond motifs is 1. The molecule has 0 N–H and O–H groups in total. The number of carbonyl (C=O) groups excluding carboxylic acids is 1. The fourth-order valence-electron chi connectivity index (χ4n) is 4.15. The zero-order valence-corrected chi connectivity index (χ0v) is 22.0. The van der Waals surface area contributed by atoms with E-state index in [-0.39, 0.29) is 22.6 Å². The number of nitrogens with zero attached hydrogens (tertiary/aromatic N) is 4. The molecule has 1 fully saturated rings. The highest BCUT2D eigenvalue weighted by Crippen LogP contribution is 2.28. The van der Waals surface area contributed by atoms with Gasteiger partial charge in [0.05, 0.1) is 34.9 Å². The molecule has 0 saturated carbocycles. The maximum atomic E-state index is 13.1. The van der Waals surface area contributed by atoms with Gasteiger partial charge in [-0.25, -0.2) is 13.4 Å². The molecule has 0 bridgehead atoms. The van der Waals surface area contributed by atoms with Crippen molar-refractivity contribution in [3.05, 3.63) is 54.1 Å². The summed E-state index contributed by atoms with van der Waals surface area (Å²) in [5.74, 6) is 0.298. The van der Waals surface area contributed by atoms with Gasteiger partial charge in [0.2, 0.25) is 15.9 Å². The summed E-state index contributed by atoms with van der Waals surface area (Å²) >= 11 is 1.39. The Kier molecular flexibility index (Phi) is 8.16. The largest absolute Gasteiger partial charge is 0.379 e. The van der Waals surface area contributed by atoms with Gasteiger partial charge in [-0.1, -0.05) is 42.1 Å². The van der Waals surface area contributed by atoms with Crippen LogP contribution in [0.2, 0.25) is 0 Å². The van der Waals surface area contributed by atoms with Gasteiger partial charge in [-0.05, 0) is 44.5 Å². The Hall–Kier alpha value is -2.40. The SMILES string of the molecule is CCn1c(SCC(=O)N(Cc2ccccc2)C(C)C)nc2cc(S(=O)(=O)N3CCOCC3)ccc21. The number of benzene rings is 2. The zero-order chi connectivity index (χ0) is 25.0. The summed E-state index contributed by atoms with van der Waals surface area (Å²) in [6.45, 7) is 8.78. The van der Waals surface area contributed by atoms with Gasteiger partial charge in [-0.3, -0.25) is 4.79 Å². The molecule has 1 aromatic heterocycles. The Labute approximate surface area is 211 Å². The van der Waals surface area contributed by atoms with Gasteiger partial charge < -0.3 is 14.2 Å². The predicted octanol–water partition coefficient (Wildman–Crippen LogP) is 3.61. The second kappa shape index (κ2) is 11.1. The lowest BCUT2D eigenvalue weighted by atomic mass is 10.2. The summed E-state index contributed by atoms with van der Waals surface area (Å²) in [7, 11) is -3.60. The average molecular weight is 517 g/mol. The quantitative estimate of drug-likeness (QED) is 0.404. The first-order chi connectivity index (χ1) is 16.8. The highest BCUT2D eigenvalue weighted by atomic mass is 32.2. The van der Waals surface area contributed by atoms with Crippen LogP contribution >= 0.6 is 11.8 Å². The lowest BCUT2D eigenvalue weighted by molar-refractivity contribution is -0.130. The number of imidazole rings is 1. The molecule has 0 aliphatic carbocycles. The smallest absolute Gasteiger partial charge is 0.243 e. The predicted molar refractivity (Wildman–Crippen MR) is 138 cm³/mol. The van der Waals surface area contributed by atoms with Gasteiger partial charge in [-0.2, -0.15) is 4.31 Å². The third-order valence-electron chi connectivity index (χ3n) is 6.07. The fourth-order valence-corrected chi connectivity index (χ4v) is 6.54. The number of amides is 1. The van der Waals surface area contributed by atoms with Crippen LogP contribution in [-0.2, 0) is 32.6 Å². The van der Waals surface area contributed by atoms with Crippen molar-refractivity contribution in [3.63, 3.8) is 0 Å². The Morgan fingerprint density at radius 1 is 1.14 bits per heavy atom. The maximum absolute atomic E-state index is 13.1. The molecule has 3 aromatic rings. The molecule has 4 rings (SSSR count). The van der Waals surface area contributed by atoms with Crippen LogP contribution in [0.1, 0.15) is 26.3 Å². The summed E-state index contributed by atoms with van der Waals surface area (Å²) in [5, 5.41) is 0.709. The van der Waals surface area contributed by atoms with Crippen LogP contribution in [0.5, 0.6) is 0 Å². The van der Waals surface area contributed by atoms with Crippen LogP contribution in [0.4, 0.5) is 0 Å². The second-order valence-electron chi connectivity index (χ2n) is 8.70. The summed E-state index contributed by atoms with van der Waals surface area (Å²) in [6, 6.07) is 15.1. The van der Waals surface area contributed by atoms with Crippen molar-refractivity contribution in [2.24, 2.45) is 0 Å². The molecule has 1 aliphatic rings. The molecular formula is C25H32N4O4S2. The maximum Gasteiger partial charge on any atom is 0.243 e. The van der Waals surface area contributed by atoms with E-state index in [1.165, 1.54) is 16.1 Å². The normalized spacial score (nSPS) is 15.1. The molecule has 10 heteroatoms. The Morgan fingerprint density at radius 3 is 2.51 bits per heavy atom. The topological polar surface area (TPSA) is 84.7 Å². The standard InChI is InChI=1S/C25H32N4O4S2/c1-4-28-23-11-10-21(35(31,32)27-12-14-33-15-13-27)16-22(23)26-25(28)34-18-24(30)29(19(2)3)17-20-8-6-5-7-9-20/h5-11,16,19H,4,12-15,17-18H2,1-3H3. The van der Waals surface area contributed by atoms with E-state index in [1.807, 2.05) is 60.6 Å². The minimum absolute atomic E-state index is 0.0409. The van der Waals surface area contributed by atoms with E-state index in [4.69, 9.17) is 9.72 Å². The van der Waals surface area contributed by atoms with E-state index in [9.17, 15) is 13.2 Å². The van der Waals surface area contributed by atoms with Gasteiger partial charge >= 0.3 is 0 Å². The van der Waals surface area contributed by atoms with Crippen LogP contribution in [0.15, 0.2) is 58.6 Å². The van der Waals surface area contributed by atoms with Crippen molar-refractivity contribution in [1.29, 1.82) is 0 Å². The number of aromatic nitrogens is 2. The van der Waals surface area contributed by atoms with Gasteiger partial charge in [0.1, 0.15) is 0 Å². The number of morpholine rings is 1. The third-order valence-corrected chi connectivity index (χ3v) is 8.93. The highest BCUT2D eigenvalue weighted by molar-refractivity contribution is 7.99. The minimum atomic E-state index is -3.60. The second-order valence-corrected chi connectivity index (χ2v) is 11.6. The fraction of sp³-hybridized carbons (Fsp3) is 0.440. The molecule has 0 unspecified atom stereocenters. The van der Waals surface area contributed by atoms with E-state index in [0.717, 1.165) is 11.1 Å². The van der Waals surface area contributed by atoms with Gasteiger partial charge in [0, 0.05) is 32.2 Å². The summed E-state index contributed by atoms with van der Waals surface area (Å²) < 4.78 is 34.9. The van der Waals surface area contributed by atoms with Crippen molar-refractivity contribution in [1.82, 2.24) is 18.8 Å². The average Bonchev–Trinajstić information content (AvgIpc) is 3.23. The lowest BCUT2D eigenvalue weighted by Gasteiger charge is -2.27. The monoisotopic (exact) mass is 516 g/mol. The number of carbonyl (C=O) groups is 1. The van der Waals surface area contributed by atoms with E-state index in [1.54, 1.807) is 18.2 Å². The number of aryl methyl sites for hydroxylation is 1. The van der Waals surface area contributed by atoms with Gasteiger partial charge in [0.25, 0.3) is 0 Å². The van der Waals surface area contributed by atoms with Crippen LogP contribution in [0.25, 0.3) is 11.0 Å². The first-order valence-electron chi connectivity index (χ1n) is 11.9. The van der Waals surface area contributed by atoms with Crippen molar-refractivity contribution in [2.75, 3.05) is 32.1 Å². The van der Waals surface area contributed by atoms with Crippen molar-refractivity contribution in [3.8, 4) is 0 Å². The number of hydrogen-bond donors (Lipinski definition) is 0. The van der Waals surface area contributed by atoms with E-state index < -0.39 is 10.0 Å². The van der Waals surface area contributed by atoms with Gasteiger partial charge in [0.15, 0.2) is 5.16 Å². The Morgan fingerprint density at radius 2 is 1.86 bits per heavy atom. The van der Waals surface area contributed by atoms with Crippen molar-refractivity contribution in [2.45, 2.75) is 50.0 Å². The van der Waals surface area contributed by atoms with Crippen molar-refractivity contribution >= 4 is 38.7 Å². The number of ether oxygens (including phenoxy) is 1. The molecule has 0 radical (unpaired) electrons. The minimum Gasteiger partial charge on any atom is -0.379 e. The van der Waals surface area contributed by atoms with Crippen LogP contribution in [0, 0.1) is 0 Å². The molecule has 0 spiro atoms. The molecule has 1 saturated heterocycles. The first kappa shape index (κ1) is 25.7. The molecule has 1 aliphatic heterocycles. The summed E-state index contributed by atoms with van der Waals surface area (Å²) in [6.07, 6.45) is 0.